The van der Waals surface area contributed by atoms with E-state index in [1.54, 1.807) is 25.1 Å². The maximum atomic E-state index is 11.9. The number of rotatable bonds is 6. The molecule has 0 fully saturated rings. The molecule has 0 aliphatic heterocycles. The summed E-state index contributed by atoms with van der Waals surface area (Å²) in [6.07, 6.45) is -0.671. The van der Waals surface area contributed by atoms with Crippen LogP contribution in [0.2, 0.25) is 5.02 Å². The lowest BCUT2D eigenvalue weighted by molar-refractivity contribution is -0.141. The first kappa shape index (κ1) is 16.3. The Morgan fingerprint density at radius 2 is 1.95 bits per heavy atom. The van der Waals surface area contributed by atoms with Crippen molar-refractivity contribution in [3.05, 3.63) is 64.7 Å². The van der Waals surface area contributed by atoms with Gasteiger partial charge in [0.2, 0.25) is 0 Å². The van der Waals surface area contributed by atoms with Gasteiger partial charge in [-0.3, -0.25) is 9.63 Å². The molecule has 1 unspecified atom stereocenters. The Kier molecular flexibility index (Phi) is 5.81. The number of hydrogen-bond donors (Lipinski definition) is 1. The zero-order valence-corrected chi connectivity index (χ0v) is 13.3. The summed E-state index contributed by atoms with van der Waals surface area (Å²) in [4.78, 5) is 17.1. The molecule has 5 heteroatoms. The van der Waals surface area contributed by atoms with Gasteiger partial charge in [-0.25, -0.2) is 5.48 Å². The van der Waals surface area contributed by atoms with Gasteiger partial charge in [0.15, 0.2) is 6.10 Å². The van der Waals surface area contributed by atoms with Crippen LogP contribution in [0.5, 0.6) is 5.75 Å². The van der Waals surface area contributed by atoms with E-state index < -0.39 is 6.10 Å². The van der Waals surface area contributed by atoms with Gasteiger partial charge in [0.25, 0.3) is 5.91 Å². The van der Waals surface area contributed by atoms with Crippen molar-refractivity contribution in [3.8, 4) is 5.75 Å². The lowest BCUT2D eigenvalue weighted by Crippen LogP contribution is -2.36. The van der Waals surface area contributed by atoms with Crippen LogP contribution in [0.15, 0.2) is 48.5 Å². The zero-order chi connectivity index (χ0) is 15.9. The summed E-state index contributed by atoms with van der Waals surface area (Å²) >= 11 is 5.89. The normalized spacial score (nSPS) is 11.8. The van der Waals surface area contributed by atoms with Gasteiger partial charge in [0.1, 0.15) is 5.75 Å². The summed E-state index contributed by atoms with van der Waals surface area (Å²) < 4.78 is 5.61. The Hall–Kier alpha value is -2.04. The van der Waals surface area contributed by atoms with Crippen LogP contribution in [0.3, 0.4) is 0 Å². The Balaban J connectivity index is 1.82. The molecule has 2 rings (SSSR count). The molecule has 0 aliphatic carbocycles. The lowest BCUT2D eigenvalue weighted by atomic mass is 10.2. The fourth-order valence-electron chi connectivity index (χ4n) is 1.84. The maximum Gasteiger partial charge on any atom is 0.284 e. The van der Waals surface area contributed by atoms with E-state index in [0.29, 0.717) is 17.4 Å². The molecule has 0 saturated heterocycles. The van der Waals surface area contributed by atoms with E-state index in [9.17, 15) is 4.79 Å². The van der Waals surface area contributed by atoms with Gasteiger partial charge in [-0.15, -0.1) is 0 Å². The van der Waals surface area contributed by atoms with Gasteiger partial charge in [0.05, 0.1) is 6.61 Å². The van der Waals surface area contributed by atoms with Gasteiger partial charge >= 0.3 is 0 Å². The molecule has 0 heterocycles. The van der Waals surface area contributed by atoms with Crippen molar-refractivity contribution < 1.29 is 14.4 Å². The number of hydrogen-bond acceptors (Lipinski definition) is 3. The van der Waals surface area contributed by atoms with Crippen molar-refractivity contribution in [1.82, 2.24) is 5.48 Å². The van der Waals surface area contributed by atoms with Gasteiger partial charge in [-0.1, -0.05) is 41.9 Å². The van der Waals surface area contributed by atoms with Crippen molar-refractivity contribution in [1.29, 1.82) is 0 Å². The number of amides is 1. The van der Waals surface area contributed by atoms with Crippen molar-refractivity contribution in [2.45, 2.75) is 26.6 Å². The molecule has 0 bridgehead atoms. The van der Waals surface area contributed by atoms with Crippen molar-refractivity contribution >= 4 is 17.5 Å². The molecule has 0 saturated carbocycles. The maximum absolute atomic E-state index is 11.9. The highest BCUT2D eigenvalue weighted by Crippen LogP contribution is 2.22. The highest BCUT2D eigenvalue weighted by atomic mass is 35.5. The molecule has 2 aromatic carbocycles. The van der Waals surface area contributed by atoms with E-state index >= 15 is 0 Å². The van der Waals surface area contributed by atoms with Gasteiger partial charge in [-0.2, -0.15) is 0 Å². The SMILES string of the molecule is Cc1cc(Cl)ccc1OC(C)C(=O)NOCc1ccccc1. The van der Waals surface area contributed by atoms with Crippen LogP contribution < -0.4 is 10.2 Å². The number of hydroxylamine groups is 1. The monoisotopic (exact) mass is 319 g/mol. The van der Waals surface area contributed by atoms with E-state index in [4.69, 9.17) is 21.2 Å². The van der Waals surface area contributed by atoms with E-state index in [1.165, 1.54) is 0 Å². The van der Waals surface area contributed by atoms with Crippen molar-refractivity contribution in [2.75, 3.05) is 0 Å². The molecule has 1 atom stereocenters. The lowest BCUT2D eigenvalue weighted by Gasteiger charge is -2.16. The minimum absolute atomic E-state index is 0.305. The fourth-order valence-corrected chi connectivity index (χ4v) is 2.06. The Labute approximate surface area is 135 Å². The summed E-state index contributed by atoms with van der Waals surface area (Å²) in [6, 6.07) is 14.8. The van der Waals surface area contributed by atoms with Crippen LogP contribution in [0.4, 0.5) is 0 Å². The van der Waals surface area contributed by atoms with Crippen LogP contribution in [-0.4, -0.2) is 12.0 Å². The van der Waals surface area contributed by atoms with Crippen LogP contribution in [0, 0.1) is 6.92 Å². The van der Waals surface area contributed by atoms with Crippen LogP contribution in [0.25, 0.3) is 0 Å². The minimum atomic E-state index is -0.671. The molecule has 2 aromatic rings. The predicted octanol–water partition coefficient (Wildman–Crippen LogP) is 3.66. The first-order chi connectivity index (χ1) is 10.6. The quantitative estimate of drug-likeness (QED) is 0.826. The van der Waals surface area contributed by atoms with Gasteiger partial charge in [0, 0.05) is 5.02 Å². The third-order valence-corrected chi connectivity index (χ3v) is 3.30. The molecule has 0 spiro atoms. The average Bonchev–Trinajstić information content (AvgIpc) is 2.51. The smallest absolute Gasteiger partial charge is 0.284 e. The topological polar surface area (TPSA) is 47.6 Å². The van der Waals surface area contributed by atoms with Crippen molar-refractivity contribution in [2.24, 2.45) is 0 Å². The third-order valence-electron chi connectivity index (χ3n) is 3.06. The molecule has 4 nitrogen and oxygen atoms in total. The zero-order valence-electron chi connectivity index (χ0n) is 12.5. The summed E-state index contributed by atoms with van der Waals surface area (Å²) in [5.41, 5.74) is 4.24. The number of carbonyl (C=O) groups excluding carboxylic acids is 1. The number of carbonyl (C=O) groups is 1. The van der Waals surface area contributed by atoms with E-state index in [-0.39, 0.29) is 5.91 Å². The molecule has 22 heavy (non-hydrogen) atoms. The van der Waals surface area contributed by atoms with E-state index in [2.05, 4.69) is 5.48 Å². The highest BCUT2D eigenvalue weighted by Gasteiger charge is 2.15. The first-order valence-corrected chi connectivity index (χ1v) is 7.32. The number of halogens is 1. The molecule has 0 aliphatic rings. The summed E-state index contributed by atoms with van der Waals surface area (Å²) in [5.74, 6) is 0.278. The molecule has 0 aromatic heterocycles. The molecular weight excluding hydrogens is 302 g/mol. The number of benzene rings is 2. The Morgan fingerprint density at radius 1 is 1.23 bits per heavy atom. The molecule has 0 radical (unpaired) electrons. The number of aryl methyl sites for hydroxylation is 1. The second-order valence-corrected chi connectivity index (χ2v) is 5.35. The second kappa shape index (κ2) is 7.82. The van der Waals surface area contributed by atoms with Gasteiger partial charge < -0.3 is 4.74 Å². The summed E-state index contributed by atoms with van der Waals surface area (Å²) in [6.45, 7) is 3.84. The number of nitrogens with one attached hydrogen (secondary N) is 1. The third kappa shape index (κ3) is 4.76. The van der Waals surface area contributed by atoms with Crippen molar-refractivity contribution in [3.63, 3.8) is 0 Å². The highest BCUT2D eigenvalue weighted by molar-refractivity contribution is 6.30. The largest absolute Gasteiger partial charge is 0.481 e. The second-order valence-electron chi connectivity index (χ2n) is 4.91. The molecular formula is C17H18ClNO3. The van der Waals surface area contributed by atoms with Crippen LogP contribution in [-0.2, 0) is 16.2 Å². The molecule has 116 valence electrons. The Bertz CT molecular complexity index is 631. The molecule has 1 amide bonds. The summed E-state index contributed by atoms with van der Waals surface area (Å²) in [5, 5.41) is 0.633. The first-order valence-electron chi connectivity index (χ1n) is 6.94. The minimum Gasteiger partial charge on any atom is -0.481 e. The van der Waals surface area contributed by atoms with E-state index in [1.807, 2.05) is 37.3 Å². The standard InChI is InChI=1S/C17H18ClNO3/c1-12-10-15(18)8-9-16(12)22-13(2)17(20)19-21-11-14-6-4-3-5-7-14/h3-10,13H,11H2,1-2H3,(H,19,20). The fraction of sp³-hybridized carbons (Fsp3) is 0.235. The van der Waals surface area contributed by atoms with Gasteiger partial charge in [-0.05, 0) is 43.2 Å². The van der Waals surface area contributed by atoms with E-state index in [0.717, 1.165) is 11.1 Å². The van der Waals surface area contributed by atoms with Crippen LogP contribution in [0.1, 0.15) is 18.1 Å². The summed E-state index contributed by atoms with van der Waals surface area (Å²) in [7, 11) is 0. The number of ether oxygens (including phenoxy) is 1. The van der Waals surface area contributed by atoms with Crippen LogP contribution >= 0.6 is 11.6 Å². The molecule has 1 N–H and O–H groups in total. The average molecular weight is 320 g/mol. The predicted molar refractivity (Wildman–Crippen MR) is 85.7 cm³/mol. The Morgan fingerprint density at radius 3 is 2.64 bits per heavy atom.